The molecule has 0 aliphatic carbocycles. The highest BCUT2D eigenvalue weighted by Crippen LogP contribution is 2.34. The minimum absolute atomic E-state index is 0.0786. The van der Waals surface area contributed by atoms with Gasteiger partial charge in [-0.1, -0.05) is 6.42 Å². The lowest BCUT2D eigenvalue weighted by Gasteiger charge is -2.30. The first kappa shape index (κ1) is 20.8. The highest BCUT2D eigenvalue weighted by molar-refractivity contribution is 5.48. The van der Waals surface area contributed by atoms with Gasteiger partial charge in [0.15, 0.2) is 11.5 Å². The average molecular weight is 415 g/mol. The summed E-state index contributed by atoms with van der Waals surface area (Å²) >= 11 is 0. The Hall–Kier alpha value is -2.51. The predicted molar refractivity (Wildman–Crippen MR) is 113 cm³/mol. The molecule has 0 spiro atoms. The van der Waals surface area contributed by atoms with Crippen LogP contribution in [-0.4, -0.2) is 48.8 Å². The van der Waals surface area contributed by atoms with Crippen LogP contribution in [0.25, 0.3) is 0 Å². The van der Waals surface area contributed by atoms with Gasteiger partial charge in [-0.2, -0.15) is 0 Å². The van der Waals surface area contributed by atoms with E-state index in [-0.39, 0.29) is 5.75 Å². The number of likely N-dealkylation sites (tertiary alicyclic amines) is 1. The van der Waals surface area contributed by atoms with E-state index in [1.165, 1.54) is 31.1 Å². The van der Waals surface area contributed by atoms with Crippen LogP contribution in [0.15, 0.2) is 27.6 Å². The molecule has 2 aromatic rings. The third-order valence-corrected chi connectivity index (χ3v) is 6.17. The van der Waals surface area contributed by atoms with Crippen molar-refractivity contribution in [1.29, 1.82) is 0 Å². The van der Waals surface area contributed by atoms with Crippen LogP contribution in [-0.2, 0) is 26.1 Å². The van der Waals surface area contributed by atoms with E-state index in [4.69, 9.17) is 13.9 Å². The van der Waals surface area contributed by atoms with Gasteiger partial charge in [0.1, 0.15) is 12.0 Å². The van der Waals surface area contributed by atoms with E-state index >= 15 is 0 Å². The first-order valence-corrected chi connectivity index (χ1v) is 10.6. The molecule has 2 aliphatic rings. The molecule has 1 N–H and O–H groups in total. The second-order valence-electron chi connectivity index (χ2n) is 8.15. The van der Waals surface area contributed by atoms with Crippen molar-refractivity contribution < 1.29 is 19.0 Å². The summed E-state index contributed by atoms with van der Waals surface area (Å²) in [5, 5.41) is 10.8. The molecule has 3 heterocycles. The van der Waals surface area contributed by atoms with Gasteiger partial charge in [0.2, 0.25) is 0 Å². The fourth-order valence-corrected chi connectivity index (χ4v) is 4.45. The maximum absolute atomic E-state index is 12.4. The summed E-state index contributed by atoms with van der Waals surface area (Å²) in [6.45, 7) is 4.46. The van der Waals surface area contributed by atoms with Crippen molar-refractivity contribution >= 4 is 0 Å². The molecule has 1 saturated heterocycles. The van der Waals surface area contributed by atoms with Gasteiger partial charge in [0.25, 0.3) is 0 Å². The molecular formula is C23H30N2O5. The Bertz CT molecular complexity index is 949. The predicted octanol–water partition coefficient (Wildman–Crippen LogP) is 2.91. The Morgan fingerprint density at radius 3 is 2.37 bits per heavy atom. The van der Waals surface area contributed by atoms with Gasteiger partial charge >= 0.3 is 5.63 Å². The first-order chi connectivity index (χ1) is 14.6. The lowest BCUT2D eigenvalue weighted by Crippen LogP contribution is -2.32. The zero-order chi connectivity index (χ0) is 21.1. The van der Waals surface area contributed by atoms with E-state index < -0.39 is 5.63 Å². The number of piperidine rings is 1. The lowest BCUT2D eigenvalue weighted by atomic mass is 9.98. The van der Waals surface area contributed by atoms with Crippen molar-refractivity contribution in [2.45, 2.75) is 45.3 Å². The number of rotatable bonds is 6. The average Bonchev–Trinajstić information content (AvgIpc) is 2.78. The smallest absolute Gasteiger partial charge is 0.343 e. The molecule has 0 unspecified atom stereocenters. The molecule has 162 valence electrons. The molecular weight excluding hydrogens is 384 g/mol. The third-order valence-electron chi connectivity index (χ3n) is 6.17. The molecule has 0 saturated carbocycles. The molecule has 0 radical (unpaired) electrons. The van der Waals surface area contributed by atoms with Crippen LogP contribution in [0.4, 0.5) is 0 Å². The number of nitrogens with zero attached hydrogens (tertiary/aromatic N) is 2. The fraction of sp³-hybridized carbons (Fsp3) is 0.522. The maximum atomic E-state index is 12.4. The van der Waals surface area contributed by atoms with Gasteiger partial charge in [-0.05, 0) is 55.6 Å². The largest absolute Gasteiger partial charge is 0.507 e. The minimum atomic E-state index is -0.465. The SMILES string of the molecule is COc1cc2c(cc1OC)CN(Cc1c(O)c(CN3CCCCC3)coc1=O)CC2. The molecule has 2 aliphatic heterocycles. The van der Waals surface area contributed by atoms with Crippen LogP contribution in [0.2, 0.25) is 0 Å². The highest BCUT2D eigenvalue weighted by atomic mass is 16.5. The van der Waals surface area contributed by atoms with Gasteiger partial charge in [0, 0.05) is 31.7 Å². The Balaban J connectivity index is 1.52. The molecule has 30 heavy (non-hydrogen) atoms. The minimum Gasteiger partial charge on any atom is -0.507 e. The van der Waals surface area contributed by atoms with Crippen molar-refractivity contribution in [3.05, 3.63) is 51.1 Å². The van der Waals surface area contributed by atoms with Gasteiger partial charge < -0.3 is 19.0 Å². The van der Waals surface area contributed by atoms with Crippen LogP contribution in [0.1, 0.15) is 41.5 Å². The molecule has 7 heteroatoms. The molecule has 0 amide bonds. The zero-order valence-electron chi connectivity index (χ0n) is 17.8. The zero-order valence-corrected chi connectivity index (χ0v) is 17.8. The number of ether oxygens (including phenoxy) is 2. The van der Waals surface area contributed by atoms with E-state index in [9.17, 15) is 9.90 Å². The number of benzene rings is 1. The summed E-state index contributed by atoms with van der Waals surface area (Å²) in [5.74, 6) is 1.51. The van der Waals surface area contributed by atoms with Crippen LogP contribution in [0.3, 0.4) is 0 Å². The first-order valence-electron chi connectivity index (χ1n) is 10.6. The van der Waals surface area contributed by atoms with E-state index in [2.05, 4.69) is 9.80 Å². The lowest BCUT2D eigenvalue weighted by molar-refractivity contribution is 0.213. The Morgan fingerprint density at radius 2 is 1.67 bits per heavy atom. The maximum Gasteiger partial charge on any atom is 0.343 e. The molecule has 1 aromatic heterocycles. The highest BCUT2D eigenvalue weighted by Gasteiger charge is 2.23. The monoisotopic (exact) mass is 414 g/mol. The standard InChI is InChI=1S/C23H30N2O5/c1-28-20-10-16-6-9-25(12-17(16)11-21(20)29-2)14-19-22(26)18(15-30-23(19)27)13-24-7-4-3-5-8-24/h10-11,15,26H,3-9,12-14H2,1-2H3. The van der Waals surface area contributed by atoms with E-state index in [0.717, 1.165) is 37.4 Å². The summed E-state index contributed by atoms with van der Waals surface area (Å²) in [4.78, 5) is 16.8. The number of aromatic hydroxyl groups is 1. The number of methoxy groups -OCH3 is 2. The van der Waals surface area contributed by atoms with Crippen molar-refractivity contribution in [2.75, 3.05) is 33.9 Å². The van der Waals surface area contributed by atoms with Gasteiger partial charge in [-0.25, -0.2) is 4.79 Å². The van der Waals surface area contributed by atoms with Crippen LogP contribution in [0.5, 0.6) is 17.2 Å². The van der Waals surface area contributed by atoms with Gasteiger partial charge in [-0.15, -0.1) is 0 Å². The Kier molecular flexibility index (Phi) is 6.29. The Labute approximate surface area is 176 Å². The topological polar surface area (TPSA) is 75.4 Å². The van der Waals surface area contributed by atoms with Crippen LogP contribution >= 0.6 is 0 Å². The van der Waals surface area contributed by atoms with Crippen molar-refractivity contribution in [1.82, 2.24) is 9.80 Å². The quantitative estimate of drug-likeness (QED) is 0.779. The molecule has 0 bridgehead atoms. The number of hydrogen-bond donors (Lipinski definition) is 1. The van der Waals surface area contributed by atoms with E-state index in [1.54, 1.807) is 14.2 Å². The Morgan fingerprint density at radius 1 is 0.967 bits per heavy atom. The van der Waals surface area contributed by atoms with Gasteiger partial charge in [-0.3, -0.25) is 9.80 Å². The molecule has 1 fully saturated rings. The van der Waals surface area contributed by atoms with E-state index in [0.29, 0.717) is 36.5 Å². The van der Waals surface area contributed by atoms with Crippen LogP contribution < -0.4 is 15.1 Å². The summed E-state index contributed by atoms with van der Waals surface area (Å²) in [5.41, 5.74) is 2.93. The molecule has 4 rings (SSSR count). The number of fused-ring (bicyclic) bond motifs is 1. The van der Waals surface area contributed by atoms with Crippen molar-refractivity contribution in [3.63, 3.8) is 0 Å². The summed E-state index contributed by atoms with van der Waals surface area (Å²) in [7, 11) is 3.26. The number of hydrogen-bond acceptors (Lipinski definition) is 7. The third kappa shape index (κ3) is 4.32. The van der Waals surface area contributed by atoms with Gasteiger partial charge in [0.05, 0.1) is 19.8 Å². The fourth-order valence-electron chi connectivity index (χ4n) is 4.45. The molecule has 7 nitrogen and oxygen atoms in total. The van der Waals surface area contributed by atoms with Crippen LogP contribution in [0, 0.1) is 0 Å². The summed E-state index contributed by atoms with van der Waals surface area (Å²) in [6, 6.07) is 4.02. The van der Waals surface area contributed by atoms with E-state index in [1.807, 2.05) is 12.1 Å². The normalized spacial score (nSPS) is 17.5. The molecule has 1 aromatic carbocycles. The second kappa shape index (κ2) is 9.10. The summed E-state index contributed by atoms with van der Waals surface area (Å²) in [6.07, 6.45) is 5.86. The van der Waals surface area contributed by atoms with Crippen molar-refractivity contribution in [3.8, 4) is 17.2 Å². The molecule has 0 atom stereocenters. The van der Waals surface area contributed by atoms with Crippen molar-refractivity contribution in [2.24, 2.45) is 0 Å². The second-order valence-corrected chi connectivity index (χ2v) is 8.15. The summed E-state index contributed by atoms with van der Waals surface area (Å²) < 4.78 is 16.1.